The largest absolute Gasteiger partial charge is 0.368 e. The van der Waals surface area contributed by atoms with Crippen molar-refractivity contribution in [2.45, 2.75) is 6.92 Å². The number of hydrogen-bond donors (Lipinski definition) is 1. The summed E-state index contributed by atoms with van der Waals surface area (Å²) in [6.07, 6.45) is 0. The van der Waals surface area contributed by atoms with Crippen LogP contribution in [0, 0.1) is 5.82 Å². The van der Waals surface area contributed by atoms with Crippen molar-refractivity contribution in [1.29, 1.82) is 0 Å². The maximum Gasteiger partial charge on any atom is 0.221 e. The number of hydrogen-bond acceptors (Lipinski definition) is 4. The summed E-state index contributed by atoms with van der Waals surface area (Å²) in [5, 5.41) is 0.386. The maximum atomic E-state index is 13.0. The summed E-state index contributed by atoms with van der Waals surface area (Å²) >= 11 is 0. The van der Waals surface area contributed by atoms with Crippen LogP contribution in [0.3, 0.4) is 0 Å². The highest BCUT2D eigenvalue weighted by molar-refractivity contribution is 6.04. The molecule has 76 valence electrons. The molecule has 5 heteroatoms. The van der Waals surface area contributed by atoms with Gasteiger partial charge < -0.3 is 5.73 Å². The van der Waals surface area contributed by atoms with Gasteiger partial charge in [-0.25, -0.2) is 14.4 Å². The average molecular weight is 205 g/mol. The minimum atomic E-state index is -0.432. The van der Waals surface area contributed by atoms with E-state index in [2.05, 4.69) is 9.97 Å². The fraction of sp³-hybridized carbons (Fsp3) is 0.100. The molecule has 0 bridgehead atoms. The van der Waals surface area contributed by atoms with E-state index < -0.39 is 5.82 Å². The predicted molar refractivity (Wildman–Crippen MR) is 53.9 cm³/mol. The first-order valence-corrected chi connectivity index (χ1v) is 4.31. The molecule has 0 spiro atoms. The van der Waals surface area contributed by atoms with Gasteiger partial charge >= 0.3 is 0 Å². The standard InChI is InChI=1S/C10H8FN3O/c1-5(15)9-7-4-6(11)2-3-8(7)13-10(12)14-9/h2-4H,1H3,(H2,12,13,14). The van der Waals surface area contributed by atoms with Crippen molar-refractivity contribution in [2.75, 3.05) is 5.73 Å². The van der Waals surface area contributed by atoms with Crippen LogP contribution in [0.4, 0.5) is 10.3 Å². The van der Waals surface area contributed by atoms with Crippen LogP contribution < -0.4 is 5.73 Å². The summed E-state index contributed by atoms with van der Waals surface area (Å²) in [6.45, 7) is 1.35. The number of carbonyl (C=O) groups is 1. The molecule has 0 aliphatic rings. The van der Waals surface area contributed by atoms with E-state index in [0.29, 0.717) is 10.9 Å². The molecule has 2 aromatic rings. The minimum absolute atomic E-state index is 0.0132. The van der Waals surface area contributed by atoms with Gasteiger partial charge in [-0.05, 0) is 18.2 Å². The second kappa shape index (κ2) is 3.27. The Balaban J connectivity index is 2.87. The van der Waals surface area contributed by atoms with Crippen LogP contribution in [0.5, 0.6) is 0 Å². The van der Waals surface area contributed by atoms with Crippen LogP contribution in [0.25, 0.3) is 10.9 Å². The number of nitrogens with zero attached hydrogens (tertiary/aromatic N) is 2. The highest BCUT2D eigenvalue weighted by Gasteiger charge is 2.10. The molecule has 15 heavy (non-hydrogen) atoms. The normalized spacial score (nSPS) is 10.5. The Bertz CT molecular complexity index is 554. The lowest BCUT2D eigenvalue weighted by Gasteiger charge is -2.03. The van der Waals surface area contributed by atoms with Crippen molar-refractivity contribution in [1.82, 2.24) is 9.97 Å². The first-order valence-electron chi connectivity index (χ1n) is 4.31. The van der Waals surface area contributed by atoms with E-state index in [4.69, 9.17) is 5.73 Å². The SMILES string of the molecule is CC(=O)c1nc(N)nc2ccc(F)cc12. The second-order valence-electron chi connectivity index (χ2n) is 3.15. The zero-order valence-corrected chi connectivity index (χ0v) is 7.99. The molecular formula is C10H8FN3O. The van der Waals surface area contributed by atoms with Gasteiger partial charge in [0.05, 0.1) is 5.52 Å². The van der Waals surface area contributed by atoms with Crippen molar-refractivity contribution < 1.29 is 9.18 Å². The highest BCUT2D eigenvalue weighted by atomic mass is 19.1. The lowest BCUT2D eigenvalue weighted by molar-refractivity contribution is 0.101. The van der Waals surface area contributed by atoms with E-state index in [0.717, 1.165) is 0 Å². The molecule has 0 saturated carbocycles. The molecule has 0 radical (unpaired) electrons. The fourth-order valence-electron chi connectivity index (χ4n) is 1.39. The molecule has 0 fully saturated rings. The van der Waals surface area contributed by atoms with Gasteiger partial charge in [0, 0.05) is 12.3 Å². The topological polar surface area (TPSA) is 68.9 Å². The van der Waals surface area contributed by atoms with Gasteiger partial charge in [0.25, 0.3) is 0 Å². The van der Waals surface area contributed by atoms with Gasteiger partial charge in [-0.2, -0.15) is 0 Å². The summed E-state index contributed by atoms with van der Waals surface area (Å²) < 4.78 is 13.0. The number of aromatic nitrogens is 2. The van der Waals surface area contributed by atoms with Crippen LogP contribution in [-0.2, 0) is 0 Å². The Kier molecular flexibility index (Phi) is 2.07. The molecular weight excluding hydrogens is 197 g/mol. The second-order valence-corrected chi connectivity index (χ2v) is 3.15. The van der Waals surface area contributed by atoms with E-state index >= 15 is 0 Å². The Hall–Kier alpha value is -2.04. The quantitative estimate of drug-likeness (QED) is 0.717. The molecule has 0 aliphatic carbocycles. The van der Waals surface area contributed by atoms with Crippen molar-refractivity contribution in [3.05, 3.63) is 29.7 Å². The van der Waals surface area contributed by atoms with Gasteiger partial charge in [-0.1, -0.05) is 0 Å². The van der Waals surface area contributed by atoms with Crippen LogP contribution in [-0.4, -0.2) is 15.8 Å². The van der Waals surface area contributed by atoms with Gasteiger partial charge in [0.1, 0.15) is 11.5 Å². The summed E-state index contributed by atoms with van der Waals surface area (Å²) in [5.41, 5.74) is 6.05. The van der Waals surface area contributed by atoms with E-state index in [1.54, 1.807) is 0 Å². The monoisotopic (exact) mass is 205 g/mol. The molecule has 0 atom stereocenters. The van der Waals surface area contributed by atoms with Gasteiger partial charge in [0.15, 0.2) is 5.78 Å². The smallest absolute Gasteiger partial charge is 0.221 e. The number of benzene rings is 1. The summed E-state index contributed by atoms with van der Waals surface area (Å²) in [7, 11) is 0. The third-order valence-corrected chi connectivity index (χ3v) is 2.01. The molecule has 0 saturated heterocycles. The number of fused-ring (bicyclic) bond motifs is 1. The molecule has 0 aliphatic heterocycles. The lowest BCUT2D eigenvalue weighted by atomic mass is 10.1. The van der Waals surface area contributed by atoms with Crippen molar-refractivity contribution in [3.8, 4) is 0 Å². The number of nitrogens with two attached hydrogens (primary N) is 1. The van der Waals surface area contributed by atoms with Crippen LogP contribution in [0.2, 0.25) is 0 Å². The van der Waals surface area contributed by atoms with E-state index in [-0.39, 0.29) is 17.4 Å². The molecule has 1 heterocycles. The lowest BCUT2D eigenvalue weighted by Crippen LogP contribution is -2.04. The third-order valence-electron chi connectivity index (χ3n) is 2.01. The first-order chi connectivity index (χ1) is 7.08. The Morgan fingerprint density at radius 3 is 2.80 bits per heavy atom. The number of Topliss-reactive ketones (excluding diaryl/α,β-unsaturated/α-hetero) is 1. The third kappa shape index (κ3) is 1.63. The predicted octanol–water partition coefficient (Wildman–Crippen LogP) is 1.55. The molecule has 2 N–H and O–H groups in total. The number of rotatable bonds is 1. The molecule has 4 nitrogen and oxygen atoms in total. The summed E-state index contributed by atoms with van der Waals surface area (Å²) in [5.74, 6) is -0.683. The maximum absolute atomic E-state index is 13.0. The Morgan fingerprint density at radius 1 is 1.40 bits per heavy atom. The average Bonchev–Trinajstić information content (AvgIpc) is 2.17. The molecule has 0 amide bonds. The van der Waals surface area contributed by atoms with Crippen molar-refractivity contribution in [3.63, 3.8) is 0 Å². The van der Waals surface area contributed by atoms with E-state index in [1.807, 2.05) is 0 Å². The van der Waals surface area contributed by atoms with Gasteiger partial charge in [0.2, 0.25) is 5.95 Å². The Morgan fingerprint density at radius 2 is 2.13 bits per heavy atom. The van der Waals surface area contributed by atoms with E-state index in [1.165, 1.54) is 25.1 Å². The summed E-state index contributed by atoms with van der Waals surface area (Å²) in [6, 6.07) is 3.96. The van der Waals surface area contributed by atoms with Crippen LogP contribution in [0.1, 0.15) is 17.4 Å². The zero-order chi connectivity index (χ0) is 11.0. The fourth-order valence-corrected chi connectivity index (χ4v) is 1.39. The van der Waals surface area contributed by atoms with Crippen LogP contribution in [0.15, 0.2) is 18.2 Å². The number of anilines is 1. The zero-order valence-electron chi connectivity index (χ0n) is 7.99. The summed E-state index contributed by atoms with van der Waals surface area (Å²) in [4.78, 5) is 19.0. The molecule has 0 unspecified atom stereocenters. The number of carbonyl (C=O) groups excluding carboxylic acids is 1. The number of halogens is 1. The van der Waals surface area contributed by atoms with E-state index in [9.17, 15) is 9.18 Å². The van der Waals surface area contributed by atoms with Gasteiger partial charge in [-0.15, -0.1) is 0 Å². The highest BCUT2D eigenvalue weighted by Crippen LogP contribution is 2.18. The van der Waals surface area contributed by atoms with Crippen LogP contribution >= 0.6 is 0 Å². The molecule has 1 aromatic carbocycles. The number of nitrogen functional groups attached to an aromatic ring is 1. The number of ketones is 1. The molecule has 2 rings (SSSR count). The van der Waals surface area contributed by atoms with Crippen molar-refractivity contribution >= 4 is 22.6 Å². The molecule has 1 aromatic heterocycles. The van der Waals surface area contributed by atoms with Gasteiger partial charge in [-0.3, -0.25) is 4.79 Å². The van der Waals surface area contributed by atoms with Crippen molar-refractivity contribution in [2.24, 2.45) is 0 Å². The first kappa shape index (κ1) is 9.51. The minimum Gasteiger partial charge on any atom is -0.368 e. The Labute approximate surface area is 84.9 Å².